The summed E-state index contributed by atoms with van der Waals surface area (Å²) in [5.41, 5.74) is -0.169. The predicted octanol–water partition coefficient (Wildman–Crippen LogP) is 4.23. The van der Waals surface area contributed by atoms with Crippen molar-refractivity contribution in [1.82, 2.24) is 9.80 Å². The Bertz CT molecular complexity index is 925. The second-order valence-electron chi connectivity index (χ2n) is 9.44. The van der Waals surface area contributed by atoms with Gasteiger partial charge in [-0.3, -0.25) is 4.79 Å². The summed E-state index contributed by atoms with van der Waals surface area (Å²) in [4.78, 5) is 41.0. The van der Waals surface area contributed by atoms with Crippen LogP contribution in [0.15, 0.2) is 24.3 Å². The van der Waals surface area contributed by atoms with E-state index in [0.29, 0.717) is 49.4 Å². The van der Waals surface area contributed by atoms with Crippen molar-refractivity contribution in [2.75, 3.05) is 26.7 Å². The highest BCUT2D eigenvalue weighted by Gasteiger charge is 2.49. The molecule has 2 amide bonds. The minimum Gasteiger partial charge on any atom is -0.467 e. The zero-order valence-corrected chi connectivity index (χ0v) is 20.2. The first-order valence-corrected chi connectivity index (χ1v) is 11.5. The van der Waals surface area contributed by atoms with Crippen molar-refractivity contribution in [3.05, 3.63) is 35.4 Å². The number of hydrogen-bond donors (Lipinski definition) is 0. The third kappa shape index (κ3) is 5.67. The van der Waals surface area contributed by atoms with Crippen LogP contribution in [0.2, 0.25) is 0 Å². The minimum atomic E-state index is -0.791. The van der Waals surface area contributed by atoms with E-state index >= 15 is 0 Å². The van der Waals surface area contributed by atoms with Gasteiger partial charge in [-0.1, -0.05) is 19.4 Å². The Morgan fingerprint density at radius 2 is 1.91 bits per heavy atom. The molecule has 1 aromatic rings. The summed E-state index contributed by atoms with van der Waals surface area (Å²) in [7, 11) is 1.32. The smallest absolute Gasteiger partial charge is 0.410 e. The fourth-order valence-electron chi connectivity index (χ4n) is 4.09. The van der Waals surface area contributed by atoms with Crippen molar-refractivity contribution >= 4 is 24.0 Å². The molecule has 0 radical (unpaired) electrons. The molecule has 0 saturated carbocycles. The zero-order valence-electron chi connectivity index (χ0n) is 20.2. The van der Waals surface area contributed by atoms with Gasteiger partial charge in [0.05, 0.1) is 12.7 Å². The standard InChI is InChI=1S/C25H34N2O6/c1-6-7-14-27-22(29)19-17-18(9-11-21(28)31-5)8-10-20(19)32-25(27)12-15-26(16-13-25)23(30)33-24(2,3)4/h8-11,17H,6-7,12-16H2,1-5H3. The van der Waals surface area contributed by atoms with E-state index in [4.69, 9.17) is 9.47 Å². The third-order valence-electron chi connectivity index (χ3n) is 5.82. The van der Waals surface area contributed by atoms with Crippen LogP contribution in [0.25, 0.3) is 6.08 Å². The van der Waals surface area contributed by atoms with Gasteiger partial charge in [0.1, 0.15) is 11.4 Å². The number of methoxy groups -OCH3 is 1. The first kappa shape index (κ1) is 24.6. The number of nitrogens with zero attached hydrogens (tertiary/aromatic N) is 2. The van der Waals surface area contributed by atoms with E-state index in [2.05, 4.69) is 11.7 Å². The van der Waals surface area contributed by atoms with Crippen LogP contribution in [0.5, 0.6) is 5.75 Å². The van der Waals surface area contributed by atoms with Gasteiger partial charge in [-0.2, -0.15) is 0 Å². The van der Waals surface area contributed by atoms with Crippen LogP contribution in [0.4, 0.5) is 4.79 Å². The highest BCUT2D eigenvalue weighted by Crippen LogP contribution is 2.40. The van der Waals surface area contributed by atoms with Crippen LogP contribution in [-0.2, 0) is 14.3 Å². The fraction of sp³-hybridized carbons (Fsp3) is 0.560. The summed E-state index contributed by atoms with van der Waals surface area (Å²) < 4.78 is 16.6. The first-order valence-electron chi connectivity index (χ1n) is 11.5. The zero-order chi connectivity index (χ0) is 24.2. The van der Waals surface area contributed by atoms with E-state index in [1.807, 2.05) is 25.7 Å². The fourth-order valence-corrected chi connectivity index (χ4v) is 4.09. The van der Waals surface area contributed by atoms with Crippen LogP contribution >= 0.6 is 0 Å². The van der Waals surface area contributed by atoms with E-state index in [1.165, 1.54) is 13.2 Å². The molecule has 33 heavy (non-hydrogen) atoms. The number of hydrogen-bond acceptors (Lipinski definition) is 6. The second kappa shape index (κ2) is 9.85. The van der Waals surface area contributed by atoms with E-state index in [9.17, 15) is 14.4 Å². The van der Waals surface area contributed by atoms with E-state index in [1.54, 1.807) is 29.2 Å². The maximum absolute atomic E-state index is 13.6. The number of ether oxygens (including phenoxy) is 3. The summed E-state index contributed by atoms with van der Waals surface area (Å²) >= 11 is 0. The van der Waals surface area contributed by atoms with Gasteiger partial charge >= 0.3 is 12.1 Å². The number of benzene rings is 1. The molecule has 0 atom stereocenters. The molecule has 3 rings (SSSR count). The highest BCUT2D eigenvalue weighted by molar-refractivity contribution is 5.99. The number of carbonyl (C=O) groups is 3. The Kier molecular flexibility index (Phi) is 7.34. The number of likely N-dealkylation sites (tertiary alicyclic amines) is 1. The number of amides is 2. The molecule has 8 heteroatoms. The van der Waals surface area contributed by atoms with E-state index in [-0.39, 0.29) is 12.0 Å². The van der Waals surface area contributed by atoms with Crippen LogP contribution in [0, 0.1) is 0 Å². The van der Waals surface area contributed by atoms with Gasteiger partial charge in [0, 0.05) is 38.6 Å². The first-order chi connectivity index (χ1) is 15.6. The molecule has 180 valence electrons. The number of esters is 1. The van der Waals surface area contributed by atoms with Crippen molar-refractivity contribution in [3.8, 4) is 5.75 Å². The summed E-state index contributed by atoms with van der Waals surface area (Å²) in [6, 6.07) is 5.30. The number of unbranched alkanes of at least 4 members (excludes halogenated alkanes) is 1. The van der Waals surface area contributed by atoms with Gasteiger partial charge in [0.15, 0.2) is 5.72 Å². The number of carbonyl (C=O) groups excluding carboxylic acids is 3. The predicted molar refractivity (Wildman–Crippen MR) is 124 cm³/mol. The lowest BCUT2D eigenvalue weighted by Crippen LogP contribution is -2.63. The van der Waals surface area contributed by atoms with Crippen molar-refractivity contribution in [3.63, 3.8) is 0 Å². The molecule has 1 fully saturated rings. The Labute approximate surface area is 195 Å². The molecule has 1 spiro atoms. The molecular weight excluding hydrogens is 424 g/mol. The molecule has 0 bridgehead atoms. The Morgan fingerprint density at radius 3 is 2.52 bits per heavy atom. The van der Waals surface area contributed by atoms with Gasteiger partial charge in [0.25, 0.3) is 5.91 Å². The molecule has 0 N–H and O–H groups in total. The van der Waals surface area contributed by atoms with Crippen LogP contribution in [-0.4, -0.2) is 65.8 Å². The topological polar surface area (TPSA) is 85.4 Å². The van der Waals surface area contributed by atoms with Crippen LogP contribution < -0.4 is 4.74 Å². The van der Waals surface area contributed by atoms with Gasteiger partial charge < -0.3 is 24.0 Å². The Balaban J connectivity index is 1.84. The molecule has 2 heterocycles. The lowest BCUT2D eigenvalue weighted by Gasteiger charge is -2.50. The van der Waals surface area contributed by atoms with Crippen molar-refractivity contribution < 1.29 is 28.6 Å². The van der Waals surface area contributed by atoms with Crippen LogP contribution in [0.3, 0.4) is 0 Å². The molecule has 8 nitrogen and oxygen atoms in total. The average Bonchev–Trinajstić information content (AvgIpc) is 2.77. The lowest BCUT2D eigenvalue weighted by molar-refractivity contribution is -0.134. The van der Waals surface area contributed by atoms with Crippen molar-refractivity contribution in [2.45, 2.75) is 64.7 Å². The monoisotopic (exact) mass is 458 g/mol. The molecule has 2 aliphatic rings. The quantitative estimate of drug-likeness (QED) is 0.485. The summed E-state index contributed by atoms with van der Waals surface area (Å²) in [6.45, 7) is 9.08. The Hall–Kier alpha value is -3.03. The molecule has 0 aromatic heterocycles. The van der Waals surface area contributed by atoms with Gasteiger partial charge in [-0.05, 0) is 51.0 Å². The summed E-state index contributed by atoms with van der Waals surface area (Å²) in [6.07, 6.45) is 5.39. The summed E-state index contributed by atoms with van der Waals surface area (Å²) in [5.74, 6) is -0.0343. The van der Waals surface area contributed by atoms with Gasteiger partial charge in [-0.25, -0.2) is 9.59 Å². The minimum absolute atomic E-state index is 0.0938. The van der Waals surface area contributed by atoms with Gasteiger partial charge in [0.2, 0.25) is 0 Å². The maximum Gasteiger partial charge on any atom is 0.410 e. The molecular formula is C25H34N2O6. The second-order valence-corrected chi connectivity index (χ2v) is 9.44. The third-order valence-corrected chi connectivity index (χ3v) is 5.82. The van der Waals surface area contributed by atoms with Crippen LogP contribution in [0.1, 0.15) is 69.3 Å². The largest absolute Gasteiger partial charge is 0.467 e. The SMILES string of the molecule is CCCCN1C(=O)c2cc(C=CC(=O)OC)ccc2OC12CCN(C(=O)OC(C)(C)C)CC2. The van der Waals surface area contributed by atoms with E-state index < -0.39 is 17.3 Å². The average molecular weight is 459 g/mol. The number of piperidine rings is 1. The van der Waals surface area contributed by atoms with Crippen molar-refractivity contribution in [1.29, 1.82) is 0 Å². The summed E-state index contributed by atoms with van der Waals surface area (Å²) in [5, 5.41) is 0. The molecule has 2 aliphatic heterocycles. The Morgan fingerprint density at radius 1 is 1.21 bits per heavy atom. The highest BCUT2D eigenvalue weighted by atomic mass is 16.6. The molecule has 1 saturated heterocycles. The number of fused-ring (bicyclic) bond motifs is 1. The normalized spacial score (nSPS) is 17.7. The molecule has 1 aromatic carbocycles. The van der Waals surface area contributed by atoms with Gasteiger partial charge in [-0.15, -0.1) is 0 Å². The maximum atomic E-state index is 13.6. The molecule has 0 aliphatic carbocycles. The van der Waals surface area contributed by atoms with Crippen molar-refractivity contribution in [2.24, 2.45) is 0 Å². The number of rotatable bonds is 5. The molecule has 0 unspecified atom stereocenters. The lowest BCUT2D eigenvalue weighted by atomic mass is 9.93. The van der Waals surface area contributed by atoms with E-state index in [0.717, 1.165) is 12.8 Å².